The van der Waals surface area contributed by atoms with Gasteiger partial charge in [0.1, 0.15) is 5.75 Å². The summed E-state index contributed by atoms with van der Waals surface area (Å²) in [5, 5.41) is 9.00. The molecule has 1 rings (SSSR count). The van der Waals surface area contributed by atoms with E-state index < -0.39 is 0 Å². The van der Waals surface area contributed by atoms with Gasteiger partial charge in [0.25, 0.3) is 0 Å². The summed E-state index contributed by atoms with van der Waals surface area (Å²) in [6.07, 6.45) is 0.828. The topological polar surface area (TPSA) is 46.2 Å². The summed E-state index contributed by atoms with van der Waals surface area (Å²) in [6, 6.07) is 7.15. The average molecular weight is 174 g/mol. The molecule has 0 fully saturated rings. The molecule has 0 amide bonds. The van der Waals surface area contributed by atoms with E-state index in [4.69, 9.17) is 10.8 Å². The lowest BCUT2D eigenvalue weighted by molar-refractivity contribution is 0.474. The van der Waals surface area contributed by atoms with E-state index in [9.17, 15) is 0 Å². The third kappa shape index (κ3) is 3.25. The van der Waals surface area contributed by atoms with Crippen LogP contribution in [0, 0.1) is 0 Å². The van der Waals surface area contributed by atoms with Crippen molar-refractivity contribution >= 4 is 12.4 Å². The number of halogens is 1. The van der Waals surface area contributed by atoms with Crippen LogP contribution in [0.4, 0.5) is 0 Å². The quantitative estimate of drug-likeness (QED) is 0.709. The zero-order valence-electron chi connectivity index (χ0n) is 6.16. The molecule has 3 N–H and O–H groups in total. The summed E-state index contributed by atoms with van der Waals surface area (Å²) >= 11 is 0. The van der Waals surface area contributed by atoms with Crippen LogP contribution in [0.2, 0.25) is 0 Å². The summed E-state index contributed by atoms with van der Waals surface area (Å²) in [7, 11) is 0. The van der Waals surface area contributed by atoms with Gasteiger partial charge in [-0.1, -0.05) is 12.1 Å². The SMILES string of the molecule is Cl.NCCc1cccc(O)c1. The molecule has 0 spiro atoms. The Bertz CT molecular complexity index is 215. The Kier molecular flexibility index (Phi) is 4.66. The molecule has 0 aliphatic carbocycles. The predicted octanol–water partition coefficient (Wildman–Crippen LogP) is 1.32. The van der Waals surface area contributed by atoms with Crippen LogP contribution in [-0.2, 0) is 6.42 Å². The van der Waals surface area contributed by atoms with Gasteiger partial charge in [-0.2, -0.15) is 0 Å². The van der Waals surface area contributed by atoms with Gasteiger partial charge in [-0.05, 0) is 30.7 Å². The Hall–Kier alpha value is -0.730. The molecule has 3 heteroatoms. The second-order valence-electron chi connectivity index (χ2n) is 2.21. The highest BCUT2D eigenvalue weighted by molar-refractivity contribution is 5.85. The molecule has 0 atom stereocenters. The number of hydrogen-bond acceptors (Lipinski definition) is 2. The smallest absolute Gasteiger partial charge is 0.115 e. The molecule has 0 aliphatic rings. The van der Waals surface area contributed by atoms with Crippen LogP contribution in [0.25, 0.3) is 0 Å². The maximum atomic E-state index is 9.00. The van der Waals surface area contributed by atoms with Gasteiger partial charge in [-0.15, -0.1) is 12.4 Å². The molecule has 2 nitrogen and oxygen atoms in total. The lowest BCUT2D eigenvalue weighted by Crippen LogP contribution is -2.01. The first-order valence-electron chi connectivity index (χ1n) is 3.31. The molecule has 62 valence electrons. The van der Waals surface area contributed by atoms with Gasteiger partial charge >= 0.3 is 0 Å². The molecule has 0 saturated carbocycles. The first-order valence-corrected chi connectivity index (χ1v) is 3.31. The normalized spacial score (nSPS) is 8.82. The molecule has 1 aromatic rings. The second kappa shape index (κ2) is 4.99. The fourth-order valence-electron chi connectivity index (χ4n) is 0.879. The minimum Gasteiger partial charge on any atom is -0.508 e. The fourth-order valence-corrected chi connectivity index (χ4v) is 0.879. The minimum atomic E-state index is 0. The van der Waals surface area contributed by atoms with Crippen LogP contribution >= 0.6 is 12.4 Å². The van der Waals surface area contributed by atoms with Gasteiger partial charge in [0.2, 0.25) is 0 Å². The molecule has 0 unspecified atom stereocenters. The standard InChI is InChI=1S/C8H11NO.ClH/c9-5-4-7-2-1-3-8(10)6-7;/h1-3,6,10H,4-5,9H2;1H. The summed E-state index contributed by atoms with van der Waals surface area (Å²) in [5.41, 5.74) is 6.41. The van der Waals surface area contributed by atoms with E-state index in [1.165, 1.54) is 0 Å². The largest absolute Gasteiger partial charge is 0.508 e. The highest BCUT2D eigenvalue weighted by Crippen LogP contribution is 2.10. The summed E-state index contributed by atoms with van der Waals surface area (Å²) in [5.74, 6) is 0.311. The van der Waals surface area contributed by atoms with Crippen molar-refractivity contribution in [2.45, 2.75) is 6.42 Å². The third-order valence-electron chi connectivity index (χ3n) is 1.34. The van der Waals surface area contributed by atoms with Crippen molar-refractivity contribution in [3.05, 3.63) is 29.8 Å². The van der Waals surface area contributed by atoms with Gasteiger partial charge in [-0.3, -0.25) is 0 Å². The van der Waals surface area contributed by atoms with Crippen molar-refractivity contribution in [1.29, 1.82) is 0 Å². The summed E-state index contributed by atoms with van der Waals surface area (Å²) in [6.45, 7) is 0.628. The highest BCUT2D eigenvalue weighted by atomic mass is 35.5. The number of rotatable bonds is 2. The molecular weight excluding hydrogens is 162 g/mol. The van der Waals surface area contributed by atoms with E-state index in [2.05, 4.69) is 0 Å². The van der Waals surface area contributed by atoms with Crippen molar-refractivity contribution in [2.75, 3.05) is 6.54 Å². The number of phenolic OH excluding ortho intramolecular Hbond substituents is 1. The molecule has 0 bridgehead atoms. The van der Waals surface area contributed by atoms with Crippen LogP contribution in [0.3, 0.4) is 0 Å². The fraction of sp³-hybridized carbons (Fsp3) is 0.250. The van der Waals surface area contributed by atoms with E-state index in [1.807, 2.05) is 12.1 Å². The molecular formula is C8H12ClNO. The monoisotopic (exact) mass is 173 g/mol. The molecule has 0 aromatic heterocycles. The third-order valence-corrected chi connectivity index (χ3v) is 1.34. The Balaban J connectivity index is 0.000001000. The number of aromatic hydroxyl groups is 1. The van der Waals surface area contributed by atoms with Crippen molar-refractivity contribution in [2.24, 2.45) is 5.73 Å². The number of benzene rings is 1. The molecule has 1 aromatic carbocycles. The maximum absolute atomic E-state index is 9.00. The summed E-state index contributed by atoms with van der Waals surface area (Å²) in [4.78, 5) is 0. The van der Waals surface area contributed by atoms with Crippen LogP contribution in [0.5, 0.6) is 5.75 Å². The zero-order valence-corrected chi connectivity index (χ0v) is 6.97. The van der Waals surface area contributed by atoms with Crippen LogP contribution < -0.4 is 5.73 Å². The first-order chi connectivity index (χ1) is 4.83. The Morgan fingerprint density at radius 2 is 2.09 bits per heavy atom. The Labute approximate surface area is 72.4 Å². The number of hydrogen-bond donors (Lipinski definition) is 2. The van der Waals surface area contributed by atoms with Crippen LogP contribution in [-0.4, -0.2) is 11.7 Å². The maximum Gasteiger partial charge on any atom is 0.115 e. The average Bonchev–Trinajstić information content (AvgIpc) is 1.88. The molecule has 0 saturated heterocycles. The van der Waals surface area contributed by atoms with Gasteiger partial charge < -0.3 is 10.8 Å². The lowest BCUT2D eigenvalue weighted by atomic mass is 10.1. The minimum absolute atomic E-state index is 0. The van der Waals surface area contributed by atoms with Crippen molar-refractivity contribution in [3.63, 3.8) is 0 Å². The van der Waals surface area contributed by atoms with Gasteiger partial charge in [0.05, 0.1) is 0 Å². The molecule has 0 radical (unpaired) electrons. The van der Waals surface area contributed by atoms with Gasteiger partial charge in [0.15, 0.2) is 0 Å². The Morgan fingerprint density at radius 3 is 2.64 bits per heavy atom. The first kappa shape index (κ1) is 10.3. The second-order valence-corrected chi connectivity index (χ2v) is 2.21. The highest BCUT2D eigenvalue weighted by Gasteiger charge is 1.90. The van der Waals surface area contributed by atoms with Crippen LogP contribution in [0.1, 0.15) is 5.56 Å². The van der Waals surface area contributed by atoms with E-state index in [-0.39, 0.29) is 12.4 Å². The molecule has 11 heavy (non-hydrogen) atoms. The van der Waals surface area contributed by atoms with Gasteiger partial charge in [-0.25, -0.2) is 0 Å². The molecule has 0 aliphatic heterocycles. The van der Waals surface area contributed by atoms with E-state index in [1.54, 1.807) is 12.1 Å². The number of phenols is 1. The summed E-state index contributed by atoms with van der Waals surface area (Å²) < 4.78 is 0. The van der Waals surface area contributed by atoms with E-state index >= 15 is 0 Å². The van der Waals surface area contributed by atoms with Crippen molar-refractivity contribution in [1.82, 2.24) is 0 Å². The van der Waals surface area contributed by atoms with Crippen molar-refractivity contribution in [3.8, 4) is 5.75 Å². The van der Waals surface area contributed by atoms with Crippen molar-refractivity contribution < 1.29 is 5.11 Å². The predicted molar refractivity (Wildman–Crippen MR) is 48.1 cm³/mol. The van der Waals surface area contributed by atoms with E-state index in [0.29, 0.717) is 12.3 Å². The lowest BCUT2D eigenvalue weighted by Gasteiger charge is -1.97. The zero-order chi connectivity index (χ0) is 7.40. The Morgan fingerprint density at radius 1 is 1.36 bits per heavy atom. The molecule has 0 heterocycles. The van der Waals surface area contributed by atoms with E-state index in [0.717, 1.165) is 12.0 Å². The van der Waals surface area contributed by atoms with Crippen LogP contribution in [0.15, 0.2) is 24.3 Å². The number of nitrogens with two attached hydrogens (primary N) is 1. The van der Waals surface area contributed by atoms with Gasteiger partial charge in [0, 0.05) is 0 Å².